The number of carbonyl (C=O) groups is 1. The molecular formula is C14H19BrN2O. The van der Waals surface area contributed by atoms with Crippen LogP contribution in [0.2, 0.25) is 0 Å². The zero-order valence-corrected chi connectivity index (χ0v) is 12.6. The first-order chi connectivity index (χ1) is 8.58. The molecule has 1 heterocycles. The van der Waals surface area contributed by atoms with E-state index in [9.17, 15) is 4.79 Å². The molecule has 0 fully saturated rings. The van der Waals surface area contributed by atoms with Crippen LogP contribution >= 0.6 is 15.9 Å². The molecule has 0 aromatic carbocycles. The Morgan fingerprint density at radius 1 is 1.44 bits per heavy atom. The number of Topliss-reactive ketones (excluding diaryl/α,β-unsaturated/α-hetero) is 1. The van der Waals surface area contributed by atoms with Gasteiger partial charge in [0.15, 0.2) is 0 Å². The zero-order valence-electron chi connectivity index (χ0n) is 11.0. The number of aromatic nitrogens is 2. The van der Waals surface area contributed by atoms with E-state index in [0.29, 0.717) is 12.8 Å². The fraction of sp³-hybridized carbons (Fsp3) is 0.571. The minimum absolute atomic E-state index is 0.284. The highest BCUT2D eigenvalue weighted by Gasteiger charge is 2.16. The van der Waals surface area contributed by atoms with Crippen LogP contribution < -0.4 is 0 Å². The van der Waals surface area contributed by atoms with Gasteiger partial charge >= 0.3 is 0 Å². The van der Waals surface area contributed by atoms with Gasteiger partial charge in [-0.05, 0) is 48.5 Å². The maximum absolute atomic E-state index is 12.1. The highest BCUT2D eigenvalue weighted by atomic mass is 79.9. The van der Waals surface area contributed by atoms with Gasteiger partial charge in [0.2, 0.25) is 0 Å². The summed E-state index contributed by atoms with van der Waals surface area (Å²) < 4.78 is 2.77. The molecule has 0 unspecified atom stereocenters. The topological polar surface area (TPSA) is 34.9 Å². The lowest BCUT2D eigenvalue weighted by atomic mass is 9.94. The van der Waals surface area contributed by atoms with E-state index >= 15 is 0 Å². The molecule has 0 amide bonds. The molecule has 0 aliphatic heterocycles. The maximum Gasteiger partial charge on any atom is 0.142 e. The Bertz CT molecular complexity index is 488. The lowest BCUT2D eigenvalue weighted by Crippen LogP contribution is -2.09. The van der Waals surface area contributed by atoms with Crippen LogP contribution in [0.5, 0.6) is 0 Å². The third kappa shape index (κ3) is 3.10. The number of nitrogens with zero attached hydrogens (tertiary/aromatic N) is 2. The molecular weight excluding hydrogens is 292 g/mol. The van der Waals surface area contributed by atoms with Crippen LogP contribution in [0.4, 0.5) is 0 Å². The monoisotopic (exact) mass is 310 g/mol. The van der Waals surface area contributed by atoms with Crippen molar-refractivity contribution < 1.29 is 4.79 Å². The number of hydrogen-bond donors (Lipinski definition) is 0. The van der Waals surface area contributed by atoms with E-state index in [1.54, 1.807) is 4.68 Å². The van der Waals surface area contributed by atoms with E-state index < -0.39 is 0 Å². The van der Waals surface area contributed by atoms with Crippen molar-refractivity contribution in [3.8, 4) is 0 Å². The summed E-state index contributed by atoms with van der Waals surface area (Å²) in [6, 6.07) is 0. The fourth-order valence-corrected chi connectivity index (χ4v) is 2.92. The Hall–Kier alpha value is -0.900. The first-order valence-electron chi connectivity index (χ1n) is 6.45. The second kappa shape index (κ2) is 5.83. The van der Waals surface area contributed by atoms with Crippen LogP contribution in [0, 0.1) is 6.92 Å². The number of ketones is 1. The SMILES string of the molecule is Cc1nn(C)c(CC(=O)CC2=CCCCC2)c1Br. The molecule has 3 nitrogen and oxygen atoms in total. The molecule has 0 saturated carbocycles. The summed E-state index contributed by atoms with van der Waals surface area (Å²) in [5.74, 6) is 0.284. The number of carbonyl (C=O) groups excluding carboxylic acids is 1. The Morgan fingerprint density at radius 2 is 2.22 bits per heavy atom. The lowest BCUT2D eigenvalue weighted by Gasteiger charge is -2.11. The molecule has 98 valence electrons. The molecule has 4 heteroatoms. The van der Waals surface area contributed by atoms with Crippen molar-refractivity contribution in [1.82, 2.24) is 9.78 Å². The van der Waals surface area contributed by atoms with Crippen LogP contribution in [0.1, 0.15) is 43.5 Å². The van der Waals surface area contributed by atoms with Gasteiger partial charge in [0.25, 0.3) is 0 Å². The smallest absolute Gasteiger partial charge is 0.142 e. The average molecular weight is 311 g/mol. The predicted octanol–water partition coefficient (Wildman–Crippen LogP) is 3.49. The third-order valence-electron chi connectivity index (χ3n) is 3.44. The van der Waals surface area contributed by atoms with E-state index in [2.05, 4.69) is 27.1 Å². The van der Waals surface area contributed by atoms with Crippen molar-refractivity contribution in [2.75, 3.05) is 0 Å². The van der Waals surface area contributed by atoms with Crippen molar-refractivity contribution in [2.45, 2.75) is 45.4 Å². The maximum atomic E-state index is 12.1. The van der Waals surface area contributed by atoms with E-state index in [4.69, 9.17) is 0 Å². The Balaban J connectivity index is 2.00. The van der Waals surface area contributed by atoms with Gasteiger partial charge < -0.3 is 0 Å². The van der Waals surface area contributed by atoms with E-state index in [1.165, 1.54) is 18.4 Å². The van der Waals surface area contributed by atoms with Gasteiger partial charge in [-0.3, -0.25) is 9.48 Å². The molecule has 0 N–H and O–H groups in total. The standard InChI is InChI=1S/C14H19BrN2O/c1-10-14(15)13(17(2)16-10)9-12(18)8-11-6-4-3-5-7-11/h6H,3-5,7-9H2,1-2H3. The average Bonchev–Trinajstić information content (AvgIpc) is 2.57. The number of hydrogen-bond acceptors (Lipinski definition) is 2. The van der Waals surface area contributed by atoms with E-state index in [-0.39, 0.29) is 5.78 Å². The molecule has 2 rings (SSSR count). The molecule has 0 saturated heterocycles. The van der Waals surface area contributed by atoms with E-state index in [1.807, 2.05) is 14.0 Å². The number of halogens is 1. The summed E-state index contributed by atoms with van der Waals surface area (Å²) in [6.45, 7) is 1.95. The first-order valence-corrected chi connectivity index (χ1v) is 7.25. The molecule has 0 spiro atoms. The minimum Gasteiger partial charge on any atom is -0.299 e. The summed E-state index contributed by atoms with van der Waals surface area (Å²) in [7, 11) is 1.89. The Labute approximate surface area is 116 Å². The molecule has 18 heavy (non-hydrogen) atoms. The van der Waals surface area contributed by atoms with Gasteiger partial charge in [-0.1, -0.05) is 11.6 Å². The van der Waals surface area contributed by atoms with Gasteiger partial charge in [0.05, 0.1) is 15.9 Å². The van der Waals surface area contributed by atoms with Crippen molar-refractivity contribution in [2.24, 2.45) is 7.05 Å². The fourth-order valence-electron chi connectivity index (χ4n) is 2.44. The number of allylic oxidation sites excluding steroid dienone is 2. The van der Waals surface area contributed by atoms with Crippen molar-refractivity contribution >= 4 is 21.7 Å². The highest BCUT2D eigenvalue weighted by molar-refractivity contribution is 9.10. The van der Waals surface area contributed by atoms with Gasteiger partial charge in [-0.2, -0.15) is 5.10 Å². The summed E-state index contributed by atoms with van der Waals surface area (Å²) in [4.78, 5) is 12.1. The quantitative estimate of drug-likeness (QED) is 0.798. The molecule has 1 aliphatic carbocycles. The summed E-state index contributed by atoms with van der Waals surface area (Å²) in [6.07, 6.45) is 8.04. The van der Waals surface area contributed by atoms with Gasteiger partial charge in [-0.15, -0.1) is 0 Å². The van der Waals surface area contributed by atoms with Crippen LogP contribution in [-0.2, 0) is 18.3 Å². The van der Waals surface area contributed by atoms with Crippen molar-refractivity contribution in [1.29, 1.82) is 0 Å². The van der Waals surface area contributed by atoms with Crippen molar-refractivity contribution in [3.63, 3.8) is 0 Å². The minimum atomic E-state index is 0.284. The largest absolute Gasteiger partial charge is 0.299 e. The Kier molecular flexibility index (Phi) is 4.38. The summed E-state index contributed by atoms with van der Waals surface area (Å²) >= 11 is 3.50. The zero-order chi connectivity index (χ0) is 13.1. The molecule has 1 aromatic rings. The second-order valence-electron chi connectivity index (χ2n) is 4.97. The molecule has 0 bridgehead atoms. The predicted molar refractivity (Wildman–Crippen MR) is 75.5 cm³/mol. The van der Waals surface area contributed by atoms with Gasteiger partial charge in [0, 0.05) is 19.9 Å². The number of aryl methyl sites for hydroxylation is 2. The van der Waals surface area contributed by atoms with Crippen LogP contribution in [-0.4, -0.2) is 15.6 Å². The summed E-state index contributed by atoms with van der Waals surface area (Å²) in [5.41, 5.74) is 3.24. The molecule has 0 radical (unpaired) electrons. The number of rotatable bonds is 4. The molecule has 1 aliphatic rings. The highest BCUT2D eigenvalue weighted by Crippen LogP contribution is 2.24. The normalized spacial score (nSPS) is 15.6. The van der Waals surface area contributed by atoms with Crippen molar-refractivity contribution in [3.05, 3.63) is 27.5 Å². The Morgan fingerprint density at radius 3 is 2.78 bits per heavy atom. The van der Waals surface area contributed by atoms with Gasteiger partial charge in [0.1, 0.15) is 5.78 Å². The molecule has 0 atom stereocenters. The first kappa shape index (κ1) is 13.5. The van der Waals surface area contributed by atoms with Crippen LogP contribution in [0.3, 0.4) is 0 Å². The summed E-state index contributed by atoms with van der Waals surface area (Å²) in [5, 5.41) is 4.31. The van der Waals surface area contributed by atoms with Gasteiger partial charge in [-0.25, -0.2) is 0 Å². The van der Waals surface area contributed by atoms with E-state index in [0.717, 1.165) is 28.7 Å². The van der Waals surface area contributed by atoms with Crippen LogP contribution in [0.25, 0.3) is 0 Å². The lowest BCUT2D eigenvalue weighted by molar-refractivity contribution is -0.117. The molecule has 1 aromatic heterocycles. The van der Waals surface area contributed by atoms with Crippen LogP contribution in [0.15, 0.2) is 16.1 Å². The second-order valence-corrected chi connectivity index (χ2v) is 5.76. The third-order valence-corrected chi connectivity index (χ3v) is 4.47.